The lowest BCUT2D eigenvalue weighted by atomic mass is 10.1. The van der Waals surface area contributed by atoms with Crippen LogP contribution in [0, 0.1) is 0 Å². The van der Waals surface area contributed by atoms with Crippen molar-refractivity contribution < 1.29 is 9.47 Å². The van der Waals surface area contributed by atoms with E-state index in [4.69, 9.17) is 26.1 Å². The number of nitrogens with zero attached hydrogens (tertiary/aromatic N) is 3. The third kappa shape index (κ3) is 5.50. The zero-order valence-electron chi connectivity index (χ0n) is 16.4. The van der Waals surface area contributed by atoms with Crippen LogP contribution in [-0.2, 0) is 11.2 Å². The molecular weight excluding hydrogens is 364 g/mol. The molecule has 0 amide bonds. The highest BCUT2D eigenvalue weighted by molar-refractivity contribution is 6.31. The van der Waals surface area contributed by atoms with Crippen LogP contribution < -0.4 is 10.1 Å². The third-order valence-corrected chi connectivity index (χ3v) is 5.61. The molecule has 2 fully saturated rings. The zero-order chi connectivity index (χ0) is 19.1. The first-order valence-corrected chi connectivity index (χ1v) is 10.3. The number of nitrogens with one attached hydrogen (secondary N) is 1. The van der Waals surface area contributed by atoms with Crippen LogP contribution >= 0.6 is 11.6 Å². The van der Waals surface area contributed by atoms with Gasteiger partial charge in [-0.05, 0) is 37.5 Å². The molecule has 0 aliphatic carbocycles. The van der Waals surface area contributed by atoms with Crippen molar-refractivity contribution in [3.63, 3.8) is 0 Å². The maximum absolute atomic E-state index is 6.35. The van der Waals surface area contributed by atoms with E-state index in [1.54, 1.807) is 7.11 Å². The zero-order valence-corrected chi connectivity index (χ0v) is 17.2. The average molecular weight is 395 g/mol. The first kappa shape index (κ1) is 20.2. The van der Waals surface area contributed by atoms with Gasteiger partial charge in [0.2, 0.25) is 0 Å². The maximum Gasteiger partial charge on any atom is 0.193 e. The molecule has 0 radical (unpaired) electrons. The summed E-state index contributed by atoms with van der Waals surface area (Å²) in [7, 11) is 1.65. The van der Waals surface area contributed by atoms with Crippen molar-refractivity contribution in [2.75, 3.05) is 59.6 Å². The number of aliphatic imine (C=N–C) groups is 1. The second-order valence-electron chi connectivity index (χ2n) is 6.98. The highest BCUT2D eigenvalue weighted by atomic mass is 35.5. The Labute approximate surface area is 167 Å². The number of ether oxygens (including phenoxy) is 2. The normalized spacial score (nSPS) is 21.5. The van der Waals surface area contributed by atoms with Gasteiger partial charge in [0.05, 0.1) is 20.3 Å². The smallest absolute Gasteiger partial charge is 0.193 e. The van der Waals surface area contributed by atoms with Crippen LogP contribution in [0.3, 0.4) is 0 Å². The van der Waals surface area contributed by atoms with Gasteiger partial charge in [0.15, 0.2) is 5.96 Å². The van der Waals surface area contributed by atoms with E-state index < -0.39 is 0 Å². The molecule has 1 N–H and O–H groups in total. The summed E-state index contributed by atoms with van der Waals surface area (Å²) in [4.78, 5) is 9.80. The third-order valence-electron chi connectivity index (χ3n) is 5.26. The Bertz CT molecular complexity index is 634. The van der Waals surface area contributed by atoms with Gasteiger partial charge in [-0.2, -0.15) is 0 Å². The molecule has 6 nitrogen and oxygen atoms in total. The SMILES string of the molecule is CCNC(=NCCc1ccc(OC)cc1Cl)N1CCC(N2CCOCC2)C1. The van der Waals surface area contributed by atoms with E-state index in [0.29, 0.717) is 12.6 Å². The largest absolute Gasteiger partial charge is 0.497 e. The molecule has 1 atom stereocenters. The number of halogens is 1. The van der Waals surface area contributed by atoms with Crippen molar-refractivity contribution in [3.05, 3.63) is 28.8 Å². The van der Waals surface area contributed by atoms with Gasteiger partial charge in [-0.25, -0.2) is 0 Å². The Morgan fingerprint density at radius 1 is 1.33 bits per heavy atom. The summed E-state index contributed by atoms with van der Waals surface area (Å²) in [6.07, 6.45) is 2.01. The molecule has 2 aliphatic heterocycles. The van der Waals surface area contributed by atoms with Crippen molar-refractivity contribution in [2.45, 2.75) is 25.8 Å². The van der Waals surface area contributed by atoms with Crippen molar-refractivity contribution in [1.82, 2.24) is 15.1 Å². The highest BCUT2D eigenvalue weighted by Crippen LogP contribution is 2.23. The van der Waals surface area contributed by atoms with Crippen LogP contribution in [0.1, 0.15) is 18.9 Å². The molecule has 150 valence electrons. The highest BCUT2D eigenvalue weighted by Gasteiger charge is 2.30. The molecule has 1 aromatic rings. The molecule has 7 heteroatoms. The minimum absolute atomic E-state index is 0.605. The topological polar surface area (TPSA) is 49.3 Å². The molecule has 2 saturated heterocycles. The predicted octanol–water partition coefficient (Wildman–Crippen LogP) is 2.26. The van der Waals surface area contributed by atoms with E-state index in [1.807, 2.05) is 18.2 Å². The van der Waals surface area contributed by atoms with Crippen LogP contribution in [0.15, 0.2) is 23.2 Å². The summed E-state index contributed by atoms with van der Waals surface area (Å²) in [5, 5.41) is 4.19. The second-order valence-corrected chi connectivity index (χ2v) is 7.39. The fourth-order valence-electron chi connectivity index (χ4n) is 3.74. The molecule has 1 aromatic carbocycles. The number of morpholine rings is 1. The van der Waals surface area contributed by atoms with E-state index >= 15 is 0 Å². The maximum atomic E-state index is 6.35. The number of methoxy groups -OCH3 is 1. The number of benzene rings is 1. The number of hydrogen-bond acceptors (Lipinski definition) is 4. The van der Waals surface area contributed by atoms with Gasteiger partial charge in [0.25, 0.3) is 0 Å². The summed E-state index contributed by atoms with van der Waals surface area (Å²) in [5.41, 5.74) is 1.10. The van der Waals surface area contributed by atoms with Gasteiger partial charge in [-0.1, -0.05) is 17.7 Å². The van der Waals surface area contributed by atoms with Crippen LogP contribution in [0.4, 0.5) is 0 Å². The monoisotopic (exact) mass is 394 g/mol. The predicted molar refractivity (Wildman–Crippen MR) is 110 cm³/mol. The summed E-state index contributed by atoms with van der Waals surface area (Å²) in [5.74, 6) is 1.80. The van der Waals surface area contributed by atoms with Gasteiger partial charge >= 0.3 is 0 Å². The van der Waals surface area contributed by atoms with E-state index in [2.05, 4.69) is 22.0 Å². The molecule has 0 bridgehead atoms. The number of guanidine groups is 1. The van der Waals surface area contributed by atoms with Crippen molar-refractivity contribution in [3.8, 4) is 5.75 Å². The Kier molecular flexibility index (Phi) is 7.61. The molecule has 0 spiro atoms. The van der Waals surface area contributed by atoms with E-state index in [9.17, 15) is 0 Å². The van der Waals surface area contributed by atoms with E-state index in [0.717, 1.165) is 74.7 Å². The van der Waals surface area contributed by atoms with Crippen molar-refractivity contribution >= 4 is 17.6 Å². The van der Waals surface area contributed by atoms with Gasteiger partial charge in [0.1, 0.15) is 5.75 Å². The van der Waals surface area contributed by atoms with Crippen molar-refractivity contribution in [1.29, 1.82) is 0 Å². The van der Waals surface area contributed by atoms with Crippen LogP contribution in [0.2, 0.25) is 5.02 Å². The molecule has 27 heavy (non-hydrogen) atoms. The first-order valence-electron chi connectivity index (χ1n) is 9.88. The van der Waals surface area contributed by atoms with Gasteiger partial charge in [-0.3, -0.25) is 9.89 Å². The number of likely N-dealkylation sites (tertiary alicyclic amines) is 1. The first-order chi connectivity index (χ1) is 13.2. The molecular formula is C20H31ClN4O2. The van der Waals surface area contributed by atoms with Gasteiger partial charge in [-0.15, -0.1) is 0 Å². The standard InChI is InChI=1S/C20H31ClN4O2/c1-3-22-20(23-8-6-16-4-5-18(26-2)14-19(16)21)25-9-7-17(15-25)24-10-12-27-13-11-24/h4-5,14,17H,3,6-13,15H2,1-2H3,(H,22,23). The molecule has 0 saturated carbocycles. The van der Waals surface area contributed by atoms with E-state index in [1.165, 1.54) is 6.42 Å². The molecule has 2 aliphatic rings. The second kappa shape index (κ2) is 10.2. The molecule has 0 aromatic heterocycles. The fraction of sp³-hybridized carbons (Fsp3) is 0.650. The lowest BCUT2D eigenvalue weighted by Crippen LogP contribution is -2.46. The Morgan fingerprint density at radius 3 is 2.85 bits per heavy atom. The minimum atomic E-state index is 0.605. The van der Waals surface area contributed by atoms with Gasteiger partial charge < -0.3 is 19.7 Å². The van der Waals surface area contributed by atoms with Crippen LogP contribution in [0.25, 0.3) is 0 Å². The van der Waals surface area contributed by atoms with Crippen LogP contribution in [-0.4, -0.2) is 81.4 Å². The Morgan fingerprint density at radius 2 is 2.15 bits per heavy atom. The summed E-state index contributed by atoms with van der Waals surface area (Å²) < 4.78 is 10.7. The summed E-state index contributed by atoms with van der Waals surface area (Å²) in [6, 6.07) is 6.44. The average Bonchev–Trinajstić information content (AvgIpc) is 3.19. The Balaban J connectivity index is 1.56. The lowest BCUT2D eigenvalue weighted by molar-refractivity contribution is 0.0195. The van der Waals surface area contributed by atoms with Gasteiger partial charge in [0, 0.05) is 50.3 Å². The van der Waals surface area contributed by atoms with Crippen molar-refractivity contribution in [2.24, 2.45) is 4.99 Å². The number of rotatable bonds is 6. The summed E-state index contributed by atoms with van der Waals surface area (Å²) >= 11 is 6.35. The van der Waals surface area contributed by atoms with Crippen LogP contribution in [0.5, 0.6) is 5.75 Å². The van der Waals surface area contributed by atoms with E-state index in [-0.39, 0.29) is 0 Å². The molecule has 2 heterocycles. The Hall–Kier alpha value is -1.50. The summed E-state index contributed by atoms with van der Waals surface area (Å²) in [6.45, 7) is 9.59. The molecule has 1 unspecified atom stereocenters. The fourth-order valence-corrected chi connectivity index (χ4v) is 4.01. The quantitative estimate of drug-likeness (QED) is 0.592. The molecule has 3 rings (SSSR count). The number of hydrogen-bond donors (Lipinski definition) is 1. The minimum Gasteiger partial charge on any atom is -0.497 e. The lowest BCUT2D eigenvalue weighted by Gasteiger charge is -2.32.